The molecule has 5 aliphatic carbocycles. The van der Waals surface area contributed by atoms with Gasteiger partial charge in [0.15, 0.2) is 56.2 Å². The lowest BCUT2D eigenvalue weighted by atomic mass is 9.33. The molecule has 0 radical (unpaired) electrons. The summed E-state index contributed by atoms with van der Waals surface area (Å²) in [4.78, 5) is 43.6. The molecular weight excluding hydrogens is 1540 g/mol. The average molecular weight is 1660 g/mol. The molecule has 0 amide bonds. The van der Waals surface area contributed by atoms with E-state index in [9.17, 15) is 117 Å². The van der Waals surface area contributed by atoms with E-state index in [4.69, 9.17) is 75.8 Å². The van der Waals surface area contributed by atoms with E-state index in [2.05, 4.69) is 26.8 Å². The number of hydrogen-bond acceptors (Lipinski definition) is 39. The Bertz CT molecular complexity index is 3400. The maximum atomic E-state index is 16.2. The zero-order valence-corrected chi connectivity index (χ0v) is 65.2. The molecule has 8 heterocycles. The van der Waals surface area contributed by atoms with Crippen molar-refractivity contribution in [3.8, 4) is 0 Å². The molecule has 47 atom stereocenters. The number of fused-ring (bicyclic) bond motifs is 7. The van der Waals surface area contributed by atoms with Crippen molar-refractivity contribution in [2.45, 2.75) is 360 Å². The van der Waals surface area contributed by atoms with Crippen LogP contribution in [0.3, 0.4) is 0 Å². The van der Waals surface area contributed by atoms with Gasteiger partial charge in [-0.3, -0.25) is 4.79 Å². The predicted octanol–water partition coefficient (Wildman–Crippen LogP) is -7.50. The number of aliphatic hydroxyl groups is 20. The van der Waals surface area contributed by atoms with Gasteiger partial charge in [0.1, 0.15) is 158 Å². The Morgan fingerprint density at radius 1 is 0.452 bits per heavy atom. The highest BCUT2D eigenvalue weighted by atomic mass is 16.8. The standard InChI is InChI=1S/C75H118O40/c1-25-38(82)43(87)48(92)64(103-25)111-55-39(83)26(2)104-67(58(55)113-65-50(94)45(89)53(27(3)105-65)108-63-52(96)54(32(80)23-102-63)109-61-46(90)40(84)30(78)21-100-61)115-69(99)75-17-16-70(4,5)18-29(75)28-10-11-35-71(6)14-13-37(72(7,24-77)34(71)12-15-73(35,8)74(28,9)19-36(75)81)107-68-59(114-66-49(93)44(88)42(86)33(20-76)106-66)56(51(95)57(112-68)60(97)98)110-62-47(91)41(85)31(79)22-101-62/h10,24-27,29-59,61-68,76,78-96H,11-23H2,1-9H3,(H,97,98). The highest BCUT2D eigenvalue weighted by Gasteiger charge is 2.73. The van der Waals surface area contributed by atoms with Crippen molar-refractivity contribution in [1.82, 2.24) is 0 Å². The minimum absolute atomic E-state index is 0.0203. The maximum Gasteiger partial charge on any atom is 0.335 e. The van der Waals surface area contributed by atoms with E-state index in [1.165, 1.54) is 20.8 Å². The number of carbonyl (C=O) groups is 3. The SMILES string of the molecule is CC1OC(OC2C(O)C(C)OC(OC(=O)C34CCC(C)(C)CC3C3=CCC5C6(C)CCC(OC7OC(C(=O)O)C(O)C(OC8OCC(O)C(O)C8O)C7OC7OC(CO)C(O)C(O)C7O)C(C)(C=O)C6CCC5(C)C3(C)CC4O)C2OC2OC(C)C(OC3OCC(O)C(OC4OCC(O)C(O)C4O)C3O)C(O)C2O)C(O)C(O)C1O. The van der Waals surface area contributed by atoms with Crippen LogP contribution >= 0.6 is 0 Å². The number of aldehydes is 1. The van der Waals surface area contributed by atoms with E-state index in [0.29, 0.717) is 38.5 Å². The van der Waals surface area contributed by atoms with Crippen LogP contribution in [0.4, 0.5) is 0 Å². The van der Waals surface area contributed by atoms with Gasteiger partial charge >= 0.3 is 11.9 Å². The first-order valence-corrected chi connectivity index (χ1v) is 39.8. The number of carboxylic acids is 1. The van der Waals surface area contributed by atoms with Crippen molar-refractivity contribution in [2.75, 3.05) is 26.4 Å². The van der Waals surface area contributed by atoms with Crippen LogP contribution in [-0.2, 0) is 90.2 Å². The number of allylic oxidation sites excluding steroid dienone is 2. The second-order valence-electron chi connectivity index (χ2n) is 35.9. The van der Waals surface area contributed by atoms with Gasteiger partial charge in [-0.25, -0.2) is 4.79 Å². The lowest BCUT2D eigenvalue weighted by Crippen LogP contribution is -2.69. The number of ether oxygens (including phenoxy) is 16. The van der Waals surface area contributed by atoms with Crippen LogP contribution in [0.1, 0.15) is 120 Å². The van der Waals surface area contributed by atoms with Crippen molar-refractivity contribution < 1.29 is 197 Å². The summed E-state index contributed by atoms with van der Waals surface area (Å²) in [5.41, 5.74) is -5.24. The van der Waals surface area contributed by atoms with Gasteiger partial charge in [-0.2, -0.15) is 0 Å². The van der Waals surface area contributed by atoms with E-state index in [-0.39, 0.29) is 25.2 Å². The third-order valence-electron chi connectivity index (χ3n) is 28.5. The number of carbonyl (C=O) groups excluding carboxylic acids is 2. The fourth-order valence-corrected chi connectivity index (χ4v) is 21.4. The van der Waals surface area contributed by atoms with Crippen LogP contribution in [0.5, 0.6) is 0 Å². The molecule has 40 heteroatoms. The van der Waals surface area contributed by atoms with Gasteiger partial charge in [0, 0.05) is 0 Å². The molecule has 12 fully saturated rings. The Morgan fingerprint density at radius 2 is 0.948 bits per heavy atom. The van der Waals surface area contributed by atoms with Crippen LogP contribution in [0.15, 0.2) is 11.6 Å². The number of carboxylic acid groups (broad SMARTS) is 1. The second kappa shape index (κ2) is 33.9. The van der Waals surface area contributed by atoms with Crippen molar-refractivity contribution in [2.24, 2.45) is 50.2 Å². The largest absolute Gasteiger partial charge is 0.479 e. The molecule has 40 nitrogen and oxygen atoms in total. The van der Waals surface area contributed by atoms with Crippen LogP contribution in [-0.4, -0.2) is 391 Å². The fourth-order valence-electron chi connectivity index (χ4n) is 21.4. The van der Waals surface area contributed by atoms with E-state index < -0.39 is 322 Å². The number of hydrogen-bond donors (Lipinski definition) is 21. The summed E-state index contributed by atoms with van der Waals surface area (Å²) in [5.74, 6) is -4.30. The minimum atomic E-state index is -2.24. The summed E-state index contributed by atoms with van der Waals surface area (Å²) >= 11 is 0. The predicted molar refractivity (Wildman–Crippen MR) is 373 cm³/mol. The lowest BCUT2D eigenvalue weighted by molar-refractivity contribution is -0.392. The second-order valence-corrected chi connectivity index (χ2v) is 35.9. The normalized spacial score (nSPS) is 55.4. The number of esters is 1. The van der Waals surface area contributed by atoms with Crippen molar-refractivity contribution in [3.63, 3.8) is 0 Å². The van der Waals surface area contributed by atoms with Crippen molar-refractivity contribution >= 4 is 18.2 Å². The molecule has 8 saturated heterocycles. The van der Waals surface area contributed by atoms with Gasteiger partial charge in [-0.15, -0.1) is 0 Å². The number of rotatable bonds is 19. The smallest absolute Gasteiger partial charge is 0.335 e. The first-order valence-electron chi connectivity index (χ1n) is 39.8. The summed E-state index contributed by atoms with van der Waals surface area (Å²) in [7, 11) is 0. The molecule has 0 aromatic carbocycles. The van der Waals surface area contributed by atoms with Gasteiger partial charge in [-0.05, 0) is 118 Å². The summed E-state index contributed by atoms with van der Waals surface area (Å²) < 4.78 is 96.8. The van der Waals surface area contributed by atoms with E-state index in [0.717, 1.165) is 11.9 Å². The minimum Gasteiger partial charge on any atom is -0.479 e. The molecule has 0 aromatic rings. The monoisotopic (exact) mass is 1660 g/mol. The summed E-state index contributed by atoms with van der Waals surface area (Å²) in [5, 5.41) is 233. The Kier molecular flexibility index (Phi) is 26.4. The van der Waals surface area contributed by atoms with E-state index >= 15 is 4.79 Å². The third kappa shape index (κ3) is 15.7. The molecule has 115 heavy (non-hydrogen) atoms. The Labute approximate surface area is 661 Å². The molecule has 0 aromatic heterocycles. The molecular formula is C75H118O40. The zero-order valence-electron chi connectivity index (χ0n) is 65.2. The topological polar surface area (TPSA) is 624 Å². The number of aliphatic hydroxyl groups excluding tert-OH is 20. The third-order valence-corrected chi connectivity index (χ3v) is 28.5. The molecule has 8 aliphatic heterocycles. The van der Waals surface area contributed by atoms with Crippen LogP contribution in [0.2, 0.25) is 0 Å². The molecule has 0 bridgehead atoms. The molecule has 13 aliphatic rings. The molecule has 4 saturated carbocycles. The maximum absolute atomic E-state index is 16.2. The molecule has 21 N–H and O–H groups in total. The Hall–Kier alpha value is -3.05. The average Bonchev–Trinajstić information content (AvgIpc) is 0.669. The Morgan fingerprint density at radius 3 is 1.55 bits per heavy atom. The highest BCUT2D eigenvalue weighted by molar-refractivity contribution is 5.80. The highest BCUT2D eigenvalue weighted by Crippen LogP contribution is 2.76. The molecule has 47 unspecified atom stereocenters. The van der Waals surface area contributed by atoms with Crippen LogP contribution in [0, 0.1) is 50.2 Å². The first kappa shape index (κ1) is 89.7. The summed E-state index contributed by atoms with van der Waals surface area (Å²) in [6.45, 7) is 13.7. The summed E-state index contributed by atoms with van der Waals surface area (Å²) in [6, 6.07) is 0. The summed E-state index contributed by atoms with van der Waals surface area (Å²) in [6.07, 6.45) is -65.0. The number of aliphatic carboxylic acids is 1. The molecule has 658 valence electrons. The van der Waals surface area contributed by atoms with Gasteiger partial charge in [0.05, 0.1) is 62.4 Å². The van der Waals surface area contributed by atoms with Gasteiger partial charge in [-0.1, -0.05) is 53.2 Å². The fraction of sp³-hybridized carbons (Fsp3) is 0.933. The molecule has 0 spiro atoms. The first-order chi connectivity index (χ1) is 53.9. The van der Waals surface area contributed by atoms with Crippen LogP contribution < -0.4 is 0 Å². The van der Waals surface area contributed by atoms with Gasteiger partial charge in [0.25, 0.3) is 0 Å². The van der Waals surface area contributed by atoms with Gasteiger partial charge in [0.2, 0.25) is 6.29 Å². The van der Waals surface area contributed by atoms with Gasteiger partial charge < -0.3 is 188 Å². The van der Waals surface area contributed by atoms with Crippen LogP contribution in [0.25, 0.3) is 0 Å². The van der Waals surface area contributed by atoms with E-state index in [1.54, 1.807) is 6.92 Å². The van der Waals surface area contributed by atoms with Crippen molar-refractivity contribution in [3.05, 3.63) is 11.6 Å². The van der Waals surface area contributed by atoms with Crippen molar-refractivity contribution in [1.29, 1.82) is 0 Å². The zero-order chi connectivity index (χ0) is 83.9. The molecule has 13 rings (SSSR count). The van der Waals surface area contributed by atoms with E-state index in [1.807, 2.05) is 13.8 Å². The lowest BCUT2D eigenvalue weighted by Gasteiger charge is -2.71. The Balaban J connectivity index is 0.773. The quantitative estimate of drug-likeness (QED) is 0.0247.